The van der Waals surface area contributed by atoms with Gasteiger partial charge >= 0.3 is 6.18 Å². The molecule has 4 aromatic rings. The van der Waals surface area contributed by atoms with Crippen LogP contribution < -0.4 is 15.8 Å². The van der Waals surface area contributed by atoms with Crippen LogP contribution in [0.2, 0.25) is 0 Å². The molecule has 2 heterocycles. The minimum absolute atomic E-state index is 0.0416. The minimum Gasteiger partial charge on any atom is -0.359 e. The SMILES string of the molecule is CCCC(Nc1nc(NCC(F)(F)F)c2nc(-c3ccc(F)cc3)ccc2n1)c1ccc(S(N)(=O)=O)cc1. The summed E-state index contributed by atoms with van der Waals surface area (Å²) in [6.45, 7) is 0.611. The summed E-state index contributed by atoms with van der Waals surface area (Å²) in [4.78, 5) is 13.1. The van der Waals surface area contributed by atoms with Crippen molar-refractivity contribution in [3.63, 3.8) is 0 Å². The van der Waals surface area contributed by atoms with E-state index in [1.54, 1.807) is 24.3 Å². The standard InChI is InChI=1S/C25H24F4N6O2S/c1-2-3-19(16-6-10-18(11-7-16)38(30,36)37)33-24-34-21-13-12-20(15-4-8-17(26)9-5-15)32-22(21)23(35-24)31-14-25(27,28)29/h4-13,19H,2-3,14H2,1H3,(H2,30,36,37)(H2,31,33,34,35). The van der Waals surface area contributed by atoms with Crippen LogP contribution in [0.1, 0.15) is 31.4 Å². The topological polar surface area (TPSA) is 123 Å². The Balaban J connectivity index is 1.72. The van der Waals surface area contributed by atoms with E-state index in [2.05, 4.69) is 25.6 Å². The molecule has 4 rings (SSSR count). The predicted molar refractivity (Wildman–Crippen MR) is 136 cm³/mol. The van der Waals surface area contributed by atoms with Crippen LogP contribution in [0.15, 0.2) is 65.6 Å². The second kappa shape index (κ2) is 10.9. The molecule has 4 N–H and O–H groups in total. The van der Waals surface area contributed by atoms with E-state index in [1.807, 2.05) is 6.92 Å². The molecule has 1 atom stereocenters. The number of pyridine rings is 1. The molecule has 0 amide bonds. The molecule has 38 heavy (non-hydrogen) atoms. The zero-order valence-electron chi connectivity index (χ0n) is 20.1. The molecule has 0 aliphatic carbocycles. The van der Waals surface area contributed by atoms with Gasteiger partial charge in [-0.05, 0) is 60.5 Å². The highest BCUT2D eigenvalue weighted by molar-refractivity contribution is 7.89. The molecule has 0 radical (unpaired) electrons. The van der Waals surface area contributed by atoms with E-state index in [-0.39, 0.29) is 33.7 Å². The molecule has 2 aromatic heterocycles. The number of aromatic nitrogens is 3. The van der Waals surface area contributed by atoms with Crippen LogP contribution in [0.4, 0.5) is 29.3 Å². The Hall–Kier alpha value is -3.84. The molecule has 0 bridgehead atoms. The highest BCUT2D eigenvalue weighted by Crippen LogP contribution is 2.29. The first-order valence-electron chi connectivity index (χ1n) is 11.6. The monoisotopic (exact) mass is 548 g/mol. The first-order valence-corrected chi connectivity index (χ1v) is 13.1. The van der Waals surface area contributed by atoms with Crippen LogP contribution in [-0.4, -0.2) is 36.1 Å². The molecule has 0 fully saturated rings. The molecule has 200 valence electrons. The number of nitrogens with two attached hydrogens (primary N) is 1. The summed E-state index contributed by atoms with van der Waals surface area (Å²) in [6.07, 6.45) is -3.16. The smallest absolute Gasteiger partial charge is 0.359 e. The molecular formula is C25H24F4N6O2S. The van der Waals surface area contributed by atoms with Crippen LogP contribution in [0.25, 0.3) is 22.3 Å². The van der Waals surface area contributed by atoms with Crippen LogP contribution in [0.3, 0.4) is 0 Å². The van der Waals surface area contributed by atoms with Crippen molar-refractivity contribution < 1.29 is 26.0 Å². The number of nitrogens with zero attached hydrogens (tertiary/aromatic N) is 3. The van der Waals surface area contributed by atoms with E-state index in [1.165, 1.54) is 36.4 Å². The Labute approximate surface area is 216 Å². The lowest BCUT2D eigenvalue weighted by molar-refractivity contribution is -0.115. The lowest BCUT2D eigenvalue weighted by Crippen LogP contribution is -2.22. The van der Waals surface area contributed by atoms with Gasteiger partial charge in [-0.15, -0.1) is 0 Å². The van der Waals surface area contributed by atoms with Crippen molar-refractivity contribution >= 4 is 32.8 Å². The van der Waals surface area contributed by atoms with Gasteiger partial charge in [0.1, 0.15) is 17.9 Å². The van der Waals surface area contributed by atoms with Gasteiger partial charge in [0, 0.05) is 5.56 Å². The molecular weight excluding hydrogens is 524 g/mol. The number of hydrogen-bond donors (Lipinski definition) is 3. The number of rotatable bonds is 9. The number of hydrogen-bond acceptors (Lipinski definition) is 7. The third-order valence-electron chi connectivity index (χ3n) is 5.63. The summed E-state index contributed by atoms with van der Waals surface area (Å²) in [7, 11) is -3.86. The fraction of sp³-hybridized carbons (Fsp3) is 0.240. The van der Waals surface area contributed by atoms with Gasteiger partial charge in [-0.3, -0.25) is 0 Å². The fourth-order valence-corrected chi connectivity index (χ4v) is 4.34. The van der Waals surface area contributed by atoms with Gasteiger partial charge in [0.05, 0.1) is 22.1 Å². The number of halogens is 4. The Morgan fingerprint density at radius 3 is 2.24 bits per heavy atom. The number of benzene rings is 2. The molecule has 13 heteroatoms. The van der Waals surface area contributed by atoms with E-state index in [0.29, 0.717) is 17.7 Å². The number of anilines is 2. The number of sulfonamides is 1. The predicted octanol–water partition coefficient (Wildman–Crippen LogP) is 5.41. The maximum absolute atomic E-state index is 13.3. The first-order chi connectivity index (χ1) is 17.9. The van der Waals surface area contributed by atoms with Crippen molar-refractivity contribution in [2.75, 3.05) is 17.2 Å². The van der Waals surface area contributed by atoms with Crippen molar-refractivity contribution in [1.29, 1.82) is 0 Å². The van der Waals surface area contributed by atoms with Crippen molar-refractivity contribution in [2.24, 2.45) is 5.14 Å². The Morgan fingerprint density at radius 2 is 1.63 bits per heavy atom. The van der Waals surface area contributed by atoms with Crippen LogP contribution >= 0.6 is 0 Å². The highest BCUT2D eigenvalue weighted by Gasteiger charge is 2.28. The summed E-state index contributed by atoms with van der Waals surface area (Å²) < 4.78 is 75.6. The maximum Gasteiger partial charge on any atom is 0.405 e. The summed E-state index contributed by atoms with van der Waals surface area (Å²) in [5.41, 5.74) is 2.11. The number of fused-ring (bicyclic) bond motifs is 1. The van der Waals surface area contributed by atoms with Gasteiger partial charge in [0.2, 0.25) is 16.0 Å². The van der Waals surface area contributed by atoms with E-state index >= 15 is 0 Å². The average molecular weight is 549 g/mol. The van der Waals surface area contributed by atoms with Gasteiger partial charge in [0.25, 0.3) is 0 Å². The fourth-order valence-electron chi connectivity index (χ4n) is 3.82. The van der Waals surface area contributed by atoms with Crippen LogP contribution in [0, 0.1) is 5.82 Å². The van der Waals surface area contributed by atoms with E-state index in [9.17, 15) is 26.0 Å². The summed E-state index contributed by atoms with van der Waals surface area (Å²) >= 11 is 0. The van der Waals surface area contributed by atoms with Crippen molar-refractivity contribution in [1.82, 2.24) is 15.0 Å². The summed E-state index contributed by atoms with van der Waals surface area (Å²) in [5, 5.41) is 10.6. The molecule has 0 saturated carbocycles. The van der Waals surface area contributed by atoms with Gasteiger partial charge < -0.3 is 10.6 Å². The molecule has 0 spiro atoms. The highest BCUT2D eigenvalue weighted by atomic mass is 32.2. The van der Waals surface area contributed by atoms with Gasteiger partial charge in [-0.25, -0.2) is 27.9 Å². The Kier molecular flexibility index (Phi) is 7.78. The third-order valence-corrected chi connectivity index (χ3v) is 6.56. The Bertz CT molecular complexity index is 1530. The minimum atomic E-state index is -4.50. The number of primary sulfonamides is 1. The second-order valence-corrected chi connectivity index (χ2v) is 10.1. The number of nitrogens with one attached hydrogen (secondary N) is 2. The van der Waals surface area contributed by atoms with Crippen LogP contribution in [-0.2, 0) is 10.0 Å². The third kappa shape index (κ3) is 6.72. The average Bonchev–Trinajstić information content (AvgIpc) is 2.86. The summed E-state index contributed by atoms with van der Waals surface area (Å²) in [6, 6.07) is 14.4. The molecule has 0 saturated heterocycles. The molecule has 0 aliphatic rings. The van der Waals surface area contributed by atoms with E-state index in [0.717, 1.165) is 12.0 Å². The zero-order chi connectivity index (χ0) is 27.5. The lowest BCUT2D eigenvalue weighted by Gasteiger charge is -2.20. The molecule has 2 aromatic carbocycles. The quantitative estimate of drug-likeness (QED) is 0.239. The summed E-state index contributed by atoms with van der Waals surface area (Å²) in [5.74, 6) is -0.492. The van der Waals surface area contributed by atoms with Crippen molar-refractivity contribution in [2.45, 2.75) is 36.9 Å². The molecule has 0 aliphatic heterocycles. The van der Waals surface area contributed by atoms with Gasteiger partial charge in [-0.1, -0.05) is 25.5 Å². The van der Waals surface area contributed by atoms with Gasteiger partial charge in [-0.2, -0.15) is 18.2 Å². The molecule has 8 nitrogen and oxygen atoms in total. The normalized spacial score (nSPS) is 12.9. The number of alkyl halides is 3. The van der Waals surface area contributed by atoms with E-state index < -0.39 is 28.6 Å². The van der Waals surface area contributed by atoms with E-state index in [4.69, 9.17) is 5.14 Å². The van der Waals surface area contributed by atoms with Crippen LogP contribution in [0.5, 0.6) is 0 Å². The Morgan fingerprint density at radius 1 is 0.947 bits per heavy atom. The lowest BCUT2D eigenvalue weighted by atomic mass is 10.0. The zero-order valence-corrected chi connectivity index (χ0v) is 20.9. The van der Waals surface area contributed by atoms with Gasteiger partial charge in [0.15, 0.2) is 5.82 Å². The second-order valence-electron chi connectivity index (χ2n) is 8.54. The first kappa shape index (κ1) is 27.2. The van der Waals surface area contributed by atoms with Crippen molar-refractivity contribution in [3.05, 3.63) is 72.0 Å². The maximum atomic E-state index is 13.3. The molecule has 1 unspecified atom stereocenters. The van der Waals surface area contributed by atoms with Crippen molar-refractivity contribution in [3.8, 4) is 11.3 Å². The largest absolute Gasteiger partial charge is 0.405 e.